The zero-order chi connectivity index (χ0) is 15.7. The van der Waals surface area contributed by atoms with E-state index in [-0.39, 0.29) is 17.4 Å². The first-order valence-electron chi connectivity index (χ1n) is 6.73. The van der Waals surface area contributed by atoms with Crippen molar-refractivity contribution in [3.63, 3.8) is 0 Å². The van der Waals surface area contributed by atoms with Crippen molar-refractivity contribution in [2.45, 2.75) is 45.3 Å². The molecule has 0 aliphatic carbocycles. The second kappa shape index (κ2) is 6.19. The number of thioether (sulfide) groups is 1. The van der Waals surface area contributed by atoms with E-state index < -0.39 is 5.97 Å². The van der Waals surface area contributed by atoms with Crippen LogP contribution in [0.3, 0.4) is 0 Å². The van der Waals surface area contributed by atoms with Gasteiger partial charge in [-0.3, -0.25) is 14.2 Å². The van der Waals surface area contributed by atoms with E-state index in [0.29, 0.717) is 15.4 Å². The highest BCUT2D eigenvalue weighted by atomic mass is 32.2. The monoisotopic (exact) mass is 326 g/mol. The van der Waals surface area contributed by atoms with Gasteiger partial charge >= 0.3 is 5.97 Å². The number of thiophene rings is 1. The van der Waals surface area contributed by atoms with Crippen LogP contribution in [0.2, 0.25) is 0 Å². The molecule has 1 N–H and O–H groups in total. The molecule has 7 heteroatoms. The Bertz CT molecular complexity index is 749. The second-order valence-electron chi connectivity index (χ2n) is 4.97. The van der Waals surface area contributed by atoms with Gasteiger partial charge in [0.2, 0.25) is 0 Å². The van der Waals surface area contributed by atoms with Crippen molar-refractivity contribution >= 4 is 39.3 Å². The standard InChI is InChI=1S/C14H18N2O3S2/c1-5-7(2)16-13(19)11-8(3)9(4)21-12(11)15-14(16)20-6-10(17)18/h7H,5-6H2,1-4H3,(H,17,18). The molecule has 2 aromatic rings. The SMILES string of the molecule is CCC(C)n1c(SCC(=O)O)nc2sc(C)c(C)c2c1=O. The number of rotatable bonds is 5. The summed E-state index contributed by atoms with van der Waals surface area (Å²) < 4.78 is 1.63. The highest BCUT2D eigenvalue weighted by molar-refractivity contribution is 7.99. The van der Waals surface area contributed by atoms with Gasteiger partial charge in [0.25, 0.3) is 5.56 Å². The molecule has 0 bridgehead atoms. The number of hydrogen-bond donors (Lipinski definition) is 1. The quantitative estimate of drug-likeness (QED) is 0.674. The average molecular weight is 326 g/mol. The van der Waals surface area contributed by atoms with Gasteiger partial charge in [-0.15, -0.1) is 11.3 Å². The Kier molecular flexibility index (Phi) is 4.73. The lowest BCUT2D eigenvalue weighted by atomic mass is 10.2. The first-order chi connectivity index (χ1) is 9.86. The van der Waals surface area contributed by atoms with E-state index >= 15 is 0 Å². The lowest BCUT2D eigenvalue weighted by Gasteiger charge is -2.17. The molecule has 1 unspecified atom stereocenters. The zero-order valence-electron chi connectivity index (χ0n) is 12.5. The van der Waals surface area contributed by atoms with E-state index in [1.54, 1.807) is 4.57 Å². The van der Waals surface area contributed by atoms with Crippen LogP contribution in [0.4, 0.5) is 0 Å². The lowest BCUT2D eigenvalue weighted by molar-refractivity contribution is -0.133. The van der Waals surface area contributed by atoms with Crippen molar-refractivity contribution in [1.29, 1.82) is 0 Å². The minimum atomic E-state index is -0.913. The highest BCUT2D eigenvalue weighted by Gasteiger charge is 2.19. The van der Waals surface area contributed by atoms with Crippen LogP contribution in [-0.2, 0) is 4.79 Å². The van der Waals surface area contributed by atoms with Crippen molar-refractivity contribution in [3.05, 3.63) is 20.8 Å². The van der Waals surface area contributed by atoms with E-state index in [0.717, 1.165) is 28.6 Å². The number of nitrogens with zero attached hydrogens (tertiary/aromatic N) is 2. The Hall–Kier alpha value is -1.34. The summed E-state index contributed by atoms with van der Waals surface area (Å²) in [5, 5.41) is 10.0. The molecule has 0 aromatic carbocycles. The van der Waals surface area contributed by atoms with Crippen LogP contribution in [0, 0.1) is 13.8 Å². The number of carboxylic acid groups (broad SMARTS) is 1. The van der Waals surface area contributed by atoms with Gasteiger partial charge in [-0.25, -0.2) is 4.98 Å². The summed E-state index contributed by atoms with van der Waals surface area (Å²) >= 11 is 2.59. The number of hydrogen-bond acceptors (Lipinski definition) is 5. The molecule has 0 saturated carbocycles. The molecule has 114 valence electrons. The van der Waals surface area contributed by atoms with Crippen LogP contribution in [0.15, 0.2) is 9.95 Å². The lowest BCUT2D eigenvalue weighted by Crippen LogP contribution is -2.26. The van der Waals surface area contributed by atoms with Crippen LogP contribution in [-0.4, -0.2) is 26.4 Å². The average Bonchev–Trinajstić information content (AvgIpc) is 2.71. The molecule has 0 radical (unpaired) electrons. The van der Waals surface area contributed by atoms with Crippen LogP contribution < -0.4 is 5.56 Å². The maximum absolute atomic E-state index is 12.8. The maximum Gasteiger partial charge on any atom is 0.313 e. The summed E-state index contributed by atoms with van der Waals surface area (Å²) in [4.78, 5) is 29.9. The predicted molar refractivity (Wildman–Crippen MR) is 86.7 cm³/mol. The third-order valence-corrected chi connectivity index (χ3v) is 5.60. The summed E-state index contributed by atoms with van der Waals surface area (Å²) in [6.45, 7) is 7.86. The van der Waals surface area contributed by atoms with E-state index in [2.05, 4.69) is 4.98 Å². The molecule has 0 amide bonds. The molecule has 2 rings (SSSR count). The van der Waals surface area contributed by atoms with Gasteiger partial charge in [0.1, 0.15) is 4.83 Å². The summed E-state index contributed by atoms with van der Waals surface area (Å²) in [6, 6.07) is -0.00898. The zero-order valence-corrected chi connectivity index (χ0v) is 14.1. The van der Waals surface area contributed by atoms with Crippen LogP contribution in [0.25, 0.3) is 10.2 Å². The van der Waals surface area contributed by atoms with Gasteiger partial charge in [0, 0.05) is 10.9 Å². The molecule has 0 aliphatic heterocycles. The van der Waals surface area contributed by atoms with Crippen molar-refractivity contribution in [1.82, 2.24) is 9.55 Å². The Morgan fingerprint density at radius 3 is 2.71 bits per heavy atom. The van der Waals surface area contributed by atoms with Gasteiger partial charge in [-0.05, 0) is 32.8 Å². The summed E-state index contributed by atoms with van der Waals surface area (Å²) in [5.74, 6) is -1.01. The van der Waals surface area contributed by atoms with Crippen molar-refractivity contribution in [3.8, 4) is 0 Å². The van der Waals surface area contributed by atoms with E-state index in [1.165, 1.54) is 11.3 Å². The number of aryl methyl sites for hydroxylation is 2. The molecular weight excluding hydrogens is 308 g/mol. The van der Waals surface area contributed by atoms with Gasteiger partial charge < -0.3 is 5.11 Å². The molecular formula is C14H18N2O3S2. The van der Waals surface area contributed by atoms with Gasteiger partial charge in [-0.2, -0.15) is 0 Å². The maximum atomic E-state index is 12.8. The normalized spacial score (nSPS) is 12.8. The molecule has 2 aromatic heterocycles. The summed E-state index contributed by atoms with van der Waals surface area (Å²) in [7, 11) is 0. The first-order valence-corrected chi connectivity index (χ1v) is 8.53. The van der Waals surface area contributed by atoms with Gasteiger partial charge in [0.15, 0.2) is 5.16 Å². The van der Waals surface area contributed by atoms with Crippen molar-refractivity contribution in [2.24, 2.45) is 0 Å². The predicted octanol–water partition coefficient (Wildman–Crippen LogP) is 3.22. The number of fused-ring (bicyclic) bond motifs is 1. The molecule has 0 aliphatic rings. The molecule has 0 fully saturated rings. The third kappa shape index (κ3) is 2.98. The third-order valence-electron chi connectivity index (χ3n) is 3.56. The number of carbonyl (C=O) groups is 1. The Balaban J connectivity index is 2.70. The molecule has 2 heterocycles. The molecule has 21 heavy (non-hydrogen) atoms. The van der Waals surface area contributed by atoms with Gasteiger partial charge in [0.05, 0.1) is 11.1 Å². The number of aromatic nitrogens is 2. The first kappa shape index (κ1) is 16.0. The van der Waals surface area contributed by atoms with Crippen LogP contribution >= 0.6 is 23.1 Å². The topological polar surface area (TPSA) is 72.2 Å². The van der Waals surface area contributed by atoms with Crippen LogP contribution in [0.1, 0.15) is 36.8 Å². The molecule has 0 spiro atoms. The molecule has 5 nitrogen and oxygen atoms in total. The number of carboxylic acids is 1. The Morgan fingerprint density at radius 2 is 2.14 bits per heavy atom. The Morgan fingerprint density at radius 1 is 1.48 bits per heavy atom. The second-order valence-corrected chi connectivity index (χ2v) is 7.12. The minimum absolute atomic E-state index is 0.00898. The smallest absolute Gasteiger partial charge is 0.313 e. The van der Waals surface area contributed by atoms with E-state index in [9.17, 15) is 9.59 Å². The molecule has 0 saturated heterocycles. The largest absolute Gasteiger partial charge is 0.481 e. The number of aliphatic carboxylic acids is 1. The van der Waals surface area contributed by atoms with Crippen molar-refractivity contribution in [2.75, 3.05) is 5.75 Å². The van der Waals surface area contributed by atoms with Gasteiger partial charge in [-0.1, -0.05) is 18.7 Å². The summed E-state index contributed by atoms with van der Waals surface area (Å²) in [6.07, 6.45) is 0.788. The van der Waals surface area contributed by atoms with E-state index in [1.807, 2.05) is 27.7 Å². The Labute approximate surface area is 131 Å². The fourth-order valence-electron chi connectivity index (χ4n) is 2.09. The molecule has 1 atom stereocenters. The highest BCUT2D eigenvalue weighted by Crippen LogP contribution is 2.29. The fraction of sp³-hybridized carbons (Fsp3) is 0.500. The van der Waals surface area contributed by atoms with E-state index in [4.69, 9.17) is 5.11 Å². The minimum Gasteiger partial charge on any atom is -0.481 e. The summed E-state index contributed by atoms with van der Waals surface area (Å²) in [5.41, 5.74) is 0.906. The van der Waals surface area contributed by atoms with Crippen molar-refractivity contribution < 1.29 is 9.90 Å². The van der Waals surface area contributed by atoms with Crippen LogP contribution in [0.5, 0.6) is 0 Å². The fourth-order valence-corrected chi connectivity index (χ4v) is 3.97.